The van der Waals surface area contributed by atoms with E-state index in [0.717, 1.165) is 35.8 Å². The highest BCUT2D eigenvalue weighted by Gasteiger charge is 2.22. The molecule has 1 saturated heterocycles. The van der Waals surface area contributed by atoms with Crippen LogP contribution >= 0.6 is 22.9 Å². The number of carbonyl (C=O) groups excluding carboxylic acids is 1. The van der Waals surface area contributed by atoms with Crippen molar-refractivity contribution >= 4 is 39.7 Å². The van der Waals surface area contributed by atoms with Gasteiger partial charge in [0.05, 0.1) is 31.2 Å². The van der Waals surface area contributed by atoms with Gasteiger partial charge in [-0.2, -0.15) is 0 Å². The molecule has 27 heavy (non-hydrogen) atoms. The van der Waals surface area contributed by atoms with E-state index in [2.05, 4.69) is 25.5 Å². The largest absolute Gasteiger partial charge is 0.493 e. The lowest BCUT2D eigenvalue weighted by Gasteiger charge is -2.28. The van der Waals surface area contributed by atoms with Crippen LogP contribution in [0.3, 0.4) is 0 Å². The summed E-state index contributed by atoms with van der Waals surface area (Å²) in [4.78, 5) is 23.1. The molecule has 0 unspecified atom stereocenters. The maximum absolute atomic E-state index is 11.1. The van der Waals surface area contributed by atoms with Gasteiger partial charge in [0.15, 0.2) is 16.0 Å². The molecule has 0 atom stereocenters. The van der Waals surface area contributed by atoms with E-state index < -0.39 is 0 Å². The van der Waals surface area contributed by atoms with Crippen molar-refractivity contribution < 1.29 is 9.53 Å². The zero-order valence-electron chi connectivity index (χ0n) is 15.5. The predicted molar refractivity (Wildman–Crippen MR) is 109 cm³/mol. The van der Waals surface area contributed by atoms with Crippen LogP contribution in [0.1, 0.15) is 30.3 Å². The van der Waals surface area contributed by atoms with E-state index in [0.29, 0.717) is 16.0 Å². The van der Waals surface area contributed by atoms with Crippen molar-refractivity contribution in [1.82, 2.24) is 15.3 Å². The summed E-state index contributed by atoms with van der Waals surface area (Å²) in [6.07, 6.45) is 5.35. The first-order valence-corrected chi connectivity index (χ1v) is 10.2. The summed E-state index contributed by atoms with van der Waals surface area (Å²) in [6, 6.07) is 1.89. The Morgan fingerprint density at radius 3 is 2.81 bits per heavy atom. The summed E-state index contributed by atoms with van der Waals surface area (Å²) in [6.45, 7) is 5.56. The average molecular weight is 410 g/mol. The van der Waals surface area contributed by atoms with Gasteiger partial charge in [0.25, 0.3) is 0 Å². The third-order valence-electron chi connectivity index (χ3n) is 4.35. The third kappa shape index (κ3) is 5.31. The fourth-order valence-electron chi connectivity index (χ4n) is 2.98. The monoisotopic (exact) mass is 409 g/mol. The molecule has 0 aromatic carbocycles. The number of fused-ring (bicyclic) bond motifs is 1. The van der Waals surface area contributed by atoms with Crippen LogP contribution in [0.15, 0.2) is 12.3 Å². The number of carbonyl (C=O) groups is 1. The maximum Gasteiger partial charge on any atom is 0.223 e. The zero-order chi connectivity index (χ0) is 19.2. The molecule has 1 amide bonds. The van der Waals surface area contributed by atoms with Gasteiger partial charge in [-0.3, -0.25) is 4.79 Å². The number of hydrogen-bond donors (Lipinski definition) is 2. The first kappa shape index (κ1) is 19.9. The summed E-state index contributed by atoms with van der Waals surface area (Å²) >= 11 is 7.48. The van der Waals surface area contributed by atoms with Crippen LogP contribution in [-0.2, 0) is 17.8 Å². The van der Waals surface area contributed by atoms with Crippen LogP contribution < -0.4 is 20.3 Å². The molecule has 4 rings (SSSR count). The van der Waals surface area contributed by atoms with Gasteiger partial charge in [0.2, 0.25) is 5.91 Å². The summed E-state index contributed by atoms with van der Waals surface area (Å²) in [7, 11) is 1.57. The fraction of sp³-hybridized carbons (Fsp3) is 0.500. The Labute approximate surface area is 168 Å². The van der Waals surface area contributed by atoms with E-state index in [1.54, 1.807) is 13.3 Å². The number of thiazole rings is 1. The van der Waals surface area contributed by atoms with Crippen molar-refractivity contribution in [2.45, 2.75) is 32.7 Å². The topological polar surface area (TPSA) is 79.4 Å². The van der Waals surface area contributed by atoms with Crippen molar-refractivity contribution in [3.05, 3.63) is 28.0 Å². The first-order valence-electron chi connectivity index (χ1n) is 8.98. The molecule has 2 aromatic heterocycles. The van der Waals surface area contributed by atoms with Crippen LogP contribution in [0.25, 0.3) is 0 Å². The number of halogens is 1. The second kappa shape index (κ2) is 9.34. The minimum Gasteiger partial charge on any atom is -0.493 e. The highest BCUT2D eigenvalue weighted by Crippen LogP contribution is 2.33. The van der Waals surface area contributed by atoms with Gasteiger partial charge in [-0.25, -0.2) is 9.97 Å². The van der Waals surface area contributed by atoms with E-state index in [9.17, 15) is 4.79 Å². The number of pyridine rings is 1. The van der Waals surface area contributed by atoms with E-state index >= 15 is 0 Å². The van der Waals surface area contributed by atoms with E-state index in [1.807, 2.05) is 6.07 Å². The number of anilines is 2. The third-order valence-corrected chi connectivity index (χ3v) is 5.63. The van der Waals surface area contributed by atoms with Crippen molar-refractivity contribution in [3.8, 4) is 5.75 Å². The number of rotatable bonds is 3. The van der Waals surface area contributed by atoms with Crippen molar-refractivity contribution in [3.63, 3.8) is 0 Å². The second-order valence-corrected chi connectivity index (χ2v) is 7.83. The molecular formula is C18H24ClN5O2S. The first-order chi connectivity index (χ1) is 13.1. The number of methoxy groups -OCH3 is 1. The molecule has 0 radical (unpaired) electrons. The molecule has 0 spiro atoms. The average Bonchev–Trinajstić information content (AvgIpc) is 3.33. The molecular weight excluding hydrogens is 386 g/mol. The lowest BCUT2D eigenvalue weighted by atomic mass is 10.1. The summed E-state index contributed by atoms with van der Waals surface area (Å²) < 4.78 is 5.22. The molecule has 7 nitrogen and oxygen atoms in total. The predicted octanol–water partition coefficient (Wildman–Crippen LogP) is 3.09. The summed E-state index contributed by atoms with van der Waals surface area (Å²) in [5.74, 6) is 0.461. The Morgan fingerprint density at radius 1 is 1.41 bits per heavy atom. The Kier molecular flexibility index (Phi) is 6.87. The smallest absolute Gasteiger partial charge is 0.223 e. The Hall–Kier alpha value is -1.90. The SMILES string of the molecule is C1CCNC1.COc1cc(N2CCc3nc(NC(C)=O)sc3C2)cnc1Cl. The molecule has 9 heteroatoms. The lowest BCUT2D eigenvalue weighted by molar-refractivity contribution is -0.114. The van der Waals surface area contributed by atoms with Gasteiger partial charge in [-0.15, -0.1) is 0 Å². The minimum atomic E-state index is -0.102. The van der Waals surface area contributed by atoms with Crippen LogP contribution in [0.2, 0.25) is 5.15 Å². The van der Waals surface area contributed by atoms with Crippen LogP contribution in [-0.4, -0.2) is 42.6 Å². The molecule has 0 bridgehead atoms. The maximum atomic E-state index is 11.1. The van der Waals surface area contributed by atoms with E-state index in [1.165, 1.54) is 44.2 Å². The Morgan fingerprint density at radius 2 is 2.19 bits per heavy atom. The quantitative estimate of drug-likeness (QED) is 0.758. The van der Waals surface area contributed by atoms with Crippen molar-refractivity contribution in [2.24, 2.45) is 0 Å². The number of amides is 1. The normalized spacial score (nSPS) is 15.6. The Bertz CT molecular complexity index is 786. The number of ether oxygens (including phenoxy) is 1. The molecule has 2 aromatic rings. The fourth-order valence-corrected chi connectivity index (χ4v) is 4.23. The highest BCUT2D eigenvalue weighted by molar-refractivity contribution is 7.15. The lowest BCUT2D eigenvalue weighted by Crippen LogP contribution is -2.29. The standard InChI is InChI=1S/C14H15ClN4O2S.C4H9N/c1-8(20)17-14-18-10-3-4-19(7-12(10)22-14)9-5-11(21-2)13(15)16-6-9;1-2-4-5-3-1/h5-6H,3-4,7H2,1-2H3,(H,17,18,20);5H,1-4H2. The van der Waals surface area contributed by atoms with E-state index in [4.69, 9.17) is 16.3 Å². The molecule has 2 N–H and O–H groups in total. The van der Waals surface area contributed by atoms with Gasteiger partial charge in [0.1, 0.15) is 0 Å². The summed E-state index contributed by atoms with van der Waals surface area (Å²) in [5.41, 5.74) is 2.01. The van der Waals surface area contributed by atoms with Gasteiger partial charge in [0, 0.05) is 30.8 Å². The molecule has 0 aliphatic carbocycles. The number of nitrogens with zero attached hydrogens (tertiary/aromatic N) is 3. The van der Waals surface area contributed by atoms with E-state index in [-0.39, 0.29) is 5.91 Å². The number of nitrogens with one attached hydrogen (secondary N) is 2. The molecule has 1 fully saturated rings. The minimum absolute atomic E-state index is 0.102. The molecule has 146 valence electrons. The van der Waals surface area contributed by atoms with Crippen LogP contribution in [0.5, 0.6) is 5.75 Å². The number of hydrogen-bond acceptors (Lipinski definition) is 7. The van der Waals surface area contributed by atoms with Gasteiger partial charge < -0.3 is 20.3 Å². The van der Waals surface area contributed by atoms with Gasteiger partial charge >= 0.3 is 0 Å². The number of aromatic nitrogens is 2. The molecule has 2 aliphatic rings. The molecule has 2 aliphatic heterocycles. The second-order valence-electron chi connectivity index (χ2n) is 6.39. The van der Waals surface area contributed by atoms with Gasteiger partial charge in [-0.05, 0) is 25.9 Å². The highest BCUT2D eigenvalue weighted by atomic mass is 35.5. The van der Waals surface area contributed by atoms with Crippen molar-refractivity contribution in [1.29, 1.82) is 0 Å². The summed E-state index contributed by atoms with van der Waals surface area (Å²) in [5, 5.41) is 6.98. The van der Waals surface area contributed by atoms with Crippen LogP contribution in [0.4, 0.5) is 10.8 Å². The van der Waals surface area contributed by atoms with Crippen molar-refractivity contribution in [2.75, 3.05) is 37.0 Å². The zero-order valence-corrected chi connectivity index (χ0v) is 17.1. The van der Waals surface area contributed by atoms with Gasteiger partial charge in [-0.1, -0.05) is 22.9 Å². The Balaban J connectivity index is 0.000000364. The van der Waals surface area contributed by atoms with Crippen LogP contribution in [0, 0.1) is 0 Å². The molecule has 4 heterocycles. The molecule has 0 saturated carbocycles.